The predicted molar refractivity (Wildman–Crippen MR) is 81.4 cm³/mol. The van der Waals surface area contributed by atoms with Gasteiger partial charge in [0.25, 0.3) is 0 Å². The number of rotatable bonds is 8. The zero-order valence-electron chi connectivity index (χ0n) is 11.5. The topological polar surface area (TPSA) is 88.5 Å². The fourth-order valence-corrected chi connectivity index (χ4v) is 3.30. The van der Waals surface area contributed by atoms with Crippen molar-refractivity contribution in [3.8, 4) is 0 Å². The Hall–Kier alpha value is -1.35. The summed E-state index contributed by atoms with van der Waals surface area (Å²) in [7, 11) is 0. The van der Waals surface area contributed by atoms with Crippen LogP contribution in [0.3, 0.4) is 0 Å². The minimum absolute atomic E-state index is 0.156. The van der Waals surface area contributed by atoms with Crippen molar-refractivity contribution in [1.82, 2.24) is 25.0 Å². The van der Waals surface area contributed by atoms with Crippen LogP contribution in [0.1, 0.15) is 31.7 Å². The fourth-order valence-electron chi connectivity index (χ4n) is 1.58. The van der Waals surface area contributed by atoms with Crippen LogP contribution in [0.25, 0.3) is 0 Å². The molecule has 9 heteroatoms. The molecule has 0 atom stereocenters. The lowest BCUT2D eigenvalue weighted by Gasteiger charge is -2.01. The fraction of sp³-hybridized carbons (Fsp3) is 0.636. The van der Waals surface area contributed by atoms with Crippen molar-refractivity contribution in [3.05, 3.63) is 15.5 Å². The molecule has 20 heavy (non-hydrogen) atoms. The highest BCUT2D eigenvalue weighted by Crippen LogP contribution is 2.24. The number of nitrogens with one attached hydrogen (secondary N) is 2. The maximum Gasteiger partial charge on any atom is 0.343 e. The molecule has 0 fully saturated rings. The molecule has 2 N–H and O–H groups in total. The van der Waals surface area contributed by atoms with Crippen molar-refractivity contribution >= 4 is 28.2 Å². The summed E-state index contributed by atoms with van der Waals surface area (Å²) in [4.78, 5) is 11.6. The third kappa shape index (κ3) is 3.83. The van der Waals surface area contributed by atoms with Gasteiger partial charge in [-0.15, -0.1) is 15.3 Å². The lowest BCUT2D eigenvalue weighted by atomic mass is 10.5. The Labute approximate surface area is 125 Å². The lowest BCUT2D eigenvalue weighted by Crippen LogP contribution is -2.17. The summed E-state index contributed by atoms with van der Waals surface area (Å²) in [5.41, 5.74) is -0.156. The van der Waals surface area contributed by atoms with E-state index in [1.807, 2.05) is 6.92 Å². The van der Waals surface area contributed by atoms with E-state index in [0.29, 0.717) is 17.5 Å². The average Bonchev–Trinajstić information content (AvgIpc) is 3.03. The van der Waals surface area contributed by atoms with Crippen LogP contribution in [-0.2, 0) is 12.3 Å². The van der Waals surface area contributed by atoms with Crippen LogP contribution >= 0.6 is 23.1 Å². The van der Waals surface area contributed by atoms with Crippen molar-refractivity contribution in [2.75, 3.05) is 11.9 Å². The van der Waals surface area contributed by atoms with Crippen LogP contribution in [0.4, 0.5) is 5.13 Å². The van der Waals surface area contributed by atoms with E-state index < -0.39 is 0 Å². The summed E-state index contributed by atoms with van der Waals surface area (Å²) in [5.74, 6) is 0.666. The van der Waals surface area contributed by atoms with E-state index in [4.69, 9.17) is 0 Å². The Morgan fingerprint density at radius 1 is 1.35 bits per heavy atom. The highest BCUT2D eigenvalue weighted by molar-refractivity contribution is 7.98. The molecule has 0 aliphatic heterocycles. The highest BCUT2D eigenvalue weighted by Gasteiger charge is 2.10. The molecule has 110 valence electrons. The summed E-state index contributed by atoms with van der Waals surface area (Å²) < 4.78 is 1.65. The first kappa shape index (κ1) is 15.0. The zero-order valence-corrected chi connectivity index (χ0v) is 13.2. The molecule has 0 aliphatic rings. The molecular weight excluding hydrogens is 296 g/mol. The Bertz CT molecular complexity index is 590. The maximum atomic E-state index is 11.6. The predicted octanol–water partition coefficient (Wildman–Crippen LogP) is 1.95. The second-order valence-electron chi connectivity index (χ2n) is 4.18. The number of hydrogen-bond donors (Lipinski definition) is 2. The minimum atomic E-state index is -0.156. The number of anilines is 1. The number of nitrogens with zero attached hydrogens (tertiary/aromatic N) is 4. The van der Waals surface area contributed by atoms with Gasteiger partial charge in [-0.25, -0.2) is 9.89 Å². The van der Waals surface area contributed by atoms with Gasteiger partial charge in [-0.2, -0.15) is 0 Å². The van der Waals surface area contributed by atoms with Crippen LogP contribution < -0.4 is 11.0 Å². The molecule has 0 saturated carbocycles. The highest BCUT2D eigenvalue weighted by atomic mass is 32.2. The molecule has 0 unspecified atom stereocenters. The number of thioether (sulfide) groups is 1. The quantitative estimate of drug-likeness (QED) is 0.724. The Morgan fingerprint density at radius 3 is 2.95 bits per heavy atom. The third-order valence-corrected chi connectivity index (χ3v) is 4.54. The number of aromatic nitrogens is 5. The van der Waals surface area contributed by atoms with E-state index in [-0.39, 0.29) is 5.69 Å². The van der Waals surface area contributed by atoms with Gasteiger partial charge in [-0.3, -0.25) is 4.57 Å². The van der Waals surface area contributed by atoms with E-state index >= 15 is 0 Å². The van der Waals surface area contributed by atoms with E-state index in [0.717, 1.165) is 29.5 Å². The summed E-state index contributed by atoms with van der Waals surface area (Å²) in [6, 6.07) is 0. The zero-order chi connectivity index (χ0) is 14.4. The SMILES string of the molecule is CCCNc1nnc(CSc2n[nH]c(=O)n2CCC)s1. The molecule has 0 aromatic carbocycles. The summed E-state index contributed by atoms with van der Waals surface area (Å²) in [6.07, 6.45) is 1.96. The van der Waals surface area contributed by atoms with Crippen LogP contribution in [0, 0.1) is 0 Å². The maximum absolute atomic E-state index is 11.6. The van der Waals surface area contributed by atoms with Crippen molar-refractivity contribution < 1.29 is 0 Å². The van der Waals surface area contributed by atoms with Crippen LogP contribution in [0.2, 0.25) is 0 Å². The smallest absolute Gasteiger partial charge is 0.343 e. The Balaban J connectivity index is 1.95. The average molecular weight is 314 g/mol. The molecule has 0 saturated heterocycles. The van der Waals surface area contributed by atoms with E-state index in [9.17, 15) is 4.79 Å². The molecule has 7 nitrogen and oxygen atoms in total. The molecule has 2 aromatic heterocycles. The van der Waals surface area contributed by atoms with Crippen LogP contribution in [-0.4, -0.2) is 31.5 Å². The molecule has 0 radical (unpaired) electrons. The minimum Gasteiger partial charge on any atom is -0.360 e. The molecule has 2 aromatic rings. The molecule has 0 bridgehead atoms. The molecule has 2 rings (SSSR count). The molecule has 0 amide bonds. The summed E-state index contributed by atoms with van der Waals surface area (Å²) >= 11 is 3.04. The Morgan fingerprint density at radius 2 is 2.20 bits per heavy atom. The summed E-state index contributed by atoms with van der Waals surface area (Å²) in [6.45, 7) is 5.72. The largest absolute Gasteiger partial charge is 0.360 e. The van der Waals surface area contributed by atoms with Crippen LogP contribution in [0.15, 0.2) is 9.95 Å². The van der Waals surface area contributed by atoms with E-state index in [1.54, 1.807) is 4.57 Å². The molecular formula is C11H18N6OS2. The van der Waals surface area contributed by atoms with Gasteiger partial charge < -0.3 is 5.32 Å². The number of hydrogen-bond acceptors (Lipinski definition) is 7. The van der Waals surface area contributed by atoms with Gasteiger partial charge in [0.05, 0.1) is 5.75 Å². The molecule has 2 heterocycles. The van der Waals surface area contributed by atoms with Gasteiger partial charge in [-0.1, -0.05) is 36.9 Å². The lowest BCUT2D eigenvalue weighted by molar-refractivity contribution is 0.604. The van der Waals surface area contributed by atoms with E-state index in [1.165, 1.54) is 23.1 Å². The second-order valence-corrected chi connectivity index (χ2v) is 6.18. The monoisotopic (exact) mass is 314 g/mol. The van der Waals surface area contributed by atoms with Crippen LogP contribution in [0.5, 0.6) is 0 Å². The van der Waals surface area contributed by atoms with Gasteiger partial charge >= 0.3 is 5.69 Å². The first-order chi connectivity index (χ1) is 9.74. The number of aromatic amines is 1. The first-order valence-electron chi connectivity index (χ1n) is 6.58. The molecule has 0 aliphatic carbocycles. The number of H-pyrrole nitrogens is 1. The third-order valence-electron chi connectivity index (χ3n) is 2.49. The normalized spacial score (nSPS) is 10.9. The van der Waals surface area contributed by atoms with Crippen molar-refractivity contribution in [1.29, 1.82) is 0 Å². The van der Waals surface area contributed by atoms with Gasteiger partial charge in [-0.05, 0) is 12.8 Å². The second kappa shape index (κ2) is 7.44. The van der Waals surface area contributed by atoms with Gasteiger partial charge in [0, 0.05) is 13.1 Å². The van der Waals surface area contributed by atoms with Gasteiger partial charge in [0.2, 0.25) is 5.13 Å². The van der Waals surface area contributed by atoms with E-state index in [2.05, 4.69) is 32.6 Å². The Kier molecular flexibility index (Phi) is 5.60. The molecule has 0 spiro atoms. The van der Waals surface area contributed by atoms with Gasteiger partial charge in [0.1, 0.15) is 5.01 Å². The van der Waals surface area contributed by atoms with Crippen molar-refractivity contribution in [2.45, 2.75) is 44.1 Å². The standard InChI is InChI=1S/C11H18N6OS2/c1-3-5-12-9-14-13-8(20-9)7-19-11-16-15-10(18)17(11)6-4-2/h3-7H2,1-2H3,(H,12,14)(H,15,18). The first-order valence-corrected chi connectivity index (χ1v) is 8.39. The summed E-state index contributed by atoms with van der Waals surface area (Å²) in [5, 5.41) is 20.4. The van der Waals surface area contributed by atoms with Gasteiger partial charge in [0.15, 0.2) is 5.16 Å². The van der Waals surface area contributed by atoms with Crippen molar-refractivity contribution in [2.24, 2.45) is 0 Å². The van der Waals surface area contributed by atoms with Crippen molar-refractivity contribution in [3.63, 3.8) is 0 Å².